The van der Waals surface area contributed by atoms with Crippen molar-refractivity contribution in [3.8, 4) is 0 Å². The molecule has 0 aromatic carbocycles. The molecule has 1 heterocycles. The van der Waals surface area contributed by atoms with Crippen molar-refractivity contribution in [3.63, 3.8) is 0 Å². The van der Waals surface area contributed by atoms with Gasteiger partial charge in [0.15, 0.2) is 0 Å². The highest BCUT2D eigenvalue weighted by atomic mass is 15.1. The van der Waals surface area contributed by atoms with Gasteiger partial charge >= 0.3 is 0 Å². The number of nitrogens with zero attached hydrogens (tertiary/aromatic N) is 2. The second-order valence-corrected chi connectivity index (χ2v) is 4.43. The topological polar surface area (TPSA) is 8.17 Å². The molecule has 0 fully saturated rings. The molecule has 0 saturated carbocycles. The van der Waals surface area contributed by atoms with Crippen molar-refractivity contribution in [3.05, 3.63) is 23.5 Å². The first-order valence-corrected chi connectivity index (χ1v) is 5.31. The van der Waals surface area contributed by atoms with E-state index in [-0.39, 0.29) is 0 Å². The Morgan fingerprint density at radius 1 is 1.21 bits per heavy atom. The normalized spacial score (nSPS) is 13.6. The van der Waals surface area contributed by atoms with E-state index in [1.54, 1.807) is 0 Å². The summed E-state index contributed by atoms with van der Waals surface area (Å²) >= 11 is 0. The molecule has 1 aromatic heterocycles. The Morgan fingerprint density at radius 3 is 2.14 bits per heavy atom. The van der Waals surface area contributed by atoms with Gasteiger partial charge in [-0.1, -0.05) is 0 Å². The standard InChI is InChI=1S/C12H22N2/c1-10-6-7-11(2)14(10)12(3)8-9-13(4)5/h6-7,12H,8-9H2,1-5H3. The molecule has 0 bridgehead atoms. The fraction of sp³-hybridized carbons (Fsp3) is 0.667. The fourth-order valence-corrected chi connectivity index (χ4v) is 1.95. The average molecular weight is 194 g/mol. The predicted molar refractivity (Wildman–Crippen MR) is 61.8 cm³/mol. The molecule has 0 saturated heterocycles. The summed E-state index contributed by atoms with van der Waals surface area (Å²) < 4.78 is 2.42. The molecule has 0 N–H and O–H groups in total. The minimum absolute atomic E-state index is 0.604. The van der Waals surface area contributed by atoms with E-state index in [1.165, 1.54) is 17.8 Å². The van der Waals surface area contributed by atoms with E-state index < -0.39 is 0 Å². The van der Waals surface area contributed by atoms with Gasteiger partial charge in [0, 0.05) is 17.4 Å². The van der Waals surface area contributed by atoms with Gasteiger partial charge < -0.3 is 9.47 Å². The Labute approximate surface area is 87.5 Å². The molecule has 14 heavy (non-hydrogen) atoms. The minimum atomic E-state index is 0.604. The lowest BCUT2D eigenvalue weighted by atomic mass is 10.2. The Bertz CT molecular complexity index is 267. The third-order valence-electron chi connectivity index (χ3n) is 2.76. The summed E-state index contributed by atoms with van der Waals surface area (Å²) in [5.74, 6) is 0. The van der Waals surface area contributed by atoms with Crippen LogP contribution in [0.25, 0.3) is 0 Å². The molecular weight excluding hydrogens is 172 g/mol. The molecule has 1 aromatic rings. The van der Waals surface area contributed by atoms with Crippen LogP contribution < -0.4 is 0 Å². The highest BCUT2D eigenvalue weighted by Crippen LogP contribution is 2.18. The molecule has 2 heteroatoms. The van der Waals surface area contributed by atoms with E-state index >= 15 is 0 Å². The van der Waals surface area contributed by atoms with Crippen LogP contribution in [0.5, 0.6) is 0 Å². The quantitative estimate of drug-likeness (QED) is 0.715. The van der Waals surface area contributed by atoms with Gasteiger partial charge in [0.2, 0.25) is 0 Å². The highest BCUT2D eigenvalue weighted by molar-refractivity contribution is 5.14. The van der Waals surface area contributed by atoms with Crippen LogP contribution in [0.4, 0.5) is 0 Å². The first-order chi connectivity index (χ1) is 6.52. The van der Waals surface area contributed by atoms with Crippen molar-refractivity contribution in [1.82, 2.24) is 9.47 Å². The smallest absolute Gasteiger partial charge is 0.0319 e. The maximum atomic E-state index is 2.42. The van der Waals surface area contributed by atoms with Gasteiger partial charge in [-0.15, -0.1) is 0 Å². The van der Waals surface area contributed by atoms with Crippen molar-refractivity contribution >= 4 is 0 Å². The molecule has 0 radical (unpaired) electrons. The lowest BCUT2D eigenvalue weighted by Gasteiger charge is -2.20. The third-order valence-corrected chi connectivity index (χ3v) is 2.76. The highest BCUT2D eigenvalue weighted by Gasteiger charge is 2.09. The number of hydrogen-bond acceptors (Lipinski definition) is 1. The van der Waals surface area contributed by atoms with Crippen molar-refractivity contribution in [2.24, 2.45) is 0 Å². The van der Waals surface area contributed by atoms with Crippen molar-refractivity contribution in [2.75, 3.05) is 20.6 Å². The van der Waals surface area contributed by atoms with E-state index in [9.17, 15) is 0 Å². The van der Waals surface area contributed by atoms with Crippen molar-refractivity contribution < 1.29 is 0 Å². The summed E-state index contributed by atoms with van der Waals surface area (Å²) in [4.78, 5) is 2.24. The second kappa shape index (κ2) is 4.65. The molecule has 1 rings (SSSR count). The minimum Gasteiger partial charge on any atom is -0.346 e. The summed E-state index contributed by atoms with van der Waals surface area (Å²) in [5.41, 5.74) is 2.74. The molecule has 0 amide bonds. The fourth-order valence-electron chi connectivity index (χ4n) is 1.95. The summed E-state index contributed by atoms with van der Waals surface area (Å²) in [6, 6.07) is 5.00. The zero-order valence-electron chi connectivity index (χ0n) is 10.0. The van der Waals surface area contributed by atoms with Crippen molar-refractivity contribution in [2.45, 2.75) is 33.2 Å². The first kappa shape index (κ1) is 11.3. The Kier molecular flexibility index (Phi) is 3.76. The number of aromatic nitrogens is 1. The maximum absolute atomic E-state index is 2.42. The van der Waals surface area contributed by atoms with E-state index in [0.29, 0.717) is 6.04 Å². The molecule has 0 aliphatic carbocycles. The van der Waals surface area contributed by atoms with E-state index in [1.807, 2.05) is 0 Å². The van der Waals surface area contributed by atoms with Crippen LogP contribution in [0.1, 0.15) is 30.8 Å². The molecule has 0 aliphatic heterocycles. The van der Waals surface area contributed by atoms with Crippen LogP contribution in [0.3, 0.4) is 0 Å². The summed E-state index contributed by atoms with van der Waals surface area (Å²) in [6.07, 6.45) is 1.21. The zero-order valence-corrected chi connectivity index (χ0v) is 10.0. The molecule has 1 atom stereocenters. The number of aryl methyl sites for hydroxylation is 2. The molecule has 0 aliphatic rings. The maximum Gasteiger partial charge on any atom is 0.0319 e. The monoisotopic (exact) mass is 194 g/mol. The van der Waals surface area contributed by atoms with Crippen LogP contribution >= 0.6 is 0 Å². The lowest BCUT2D eigenvalue weighted by molar-refractivity contribution is 0.354. The molecule has 0 spiro atoms. The van der Waals surface area contributed by atoms with Crippen molar-refractivity contribution in [1.29, 1.82) is 0 Å². The van der Waals surface area contributed by atoms with Crippen LogP contribution in [-0.2, 0) is 0 Å². The number of hydrogen-bond donors (Lipinski definition) is 0. The Hall–Kier alpha value is -0.760. The van der Waals surface area contributed by atoms with E-state index in [4.69, 9.17) is 0 Å². The van der Waals surface area contributed by atoms with Crippen LogP contribution in [0, 0.1) is 13.8 Å². The Morgan fingerprint density at radius 2 is 1.71 bits per heavy atom. The van der Waals surface area contributed by atoms with Gasteiger partial charge in [0.25, 0.3) is 0 Å². The van der Waals surface area contributed by atoms with Gasteiger partial charge in [0.1, 0.15) is 0 Å². The second-order valence-electron chi connectivity index (χ2n) is 4.43. The summed E-state index contributed by atoms with van der Waals surface area (Å²) in [7, 11) is 4.25. The van der Waals surface area contributed by atoms with Gasteiger partial charge in [0.05, 0.1) is 0 Å². The van der Waals surface area contributed by atoms with Crippen LogP contribution in [0.2, 0.25) is 0 Å². The van der Waals surface area contributed by atoms with E-state index in [2.05, 4.69) is 56.5 Å². The van der Waals surface area contributed by atoms with Crippen LogP contribution in [-0.4, -0.2) is 30.1 Å². The van der Waals surface area contributed by atoms with Gasteiger partial charge in [-0.2, -0.15) is 0 Å². The van der Waals surface area contributed by atoms with Gasteiger partial charge in [-0.25, -0.2) is 0 Å². The predicted octanol–water partition coefficient (Wildman–Crippen LogP) is 2.62. The zero-order chi connectivity index (χ0) is 10.7. The molecular formula is C12H22N2. The molecule has 80 valence electrons. The average Bonchev–Trinajstić information content (AvgIpc) is 2.42. The number of rotatable bonds is 4. The Balaban J connectivity index is 2.64. The van der Waals surface area contributed by atoms with Crippen LogP contribution in [0.15, 0.2) is 12.1 Å². The summed E-state index contributed by atoms with van der Waals surface area (Å²) in [6.45, 7) is 7.81. The first-order valence-electron chi connectivity index (χ1n) is 5.31. The largest absolute Gasteiger partial charge is 0.346 e. The molecule has 2 nitrogen and oxygen atoms in total. The third kappa shape index (κ3) is 2.61. The van der Waals surface area contributed by atoms with E-state index in [0.717, 1.165) is 6.54 Å². The lowest BCUT2D eigenvalue weighted by Crippen LogP contribution is -2.18. The summed E-state index contributed by atoms with van der Waals surface area (Å²) in [5, 5.41) is 0. The molecule has 1 unspecified atom stereocenters. The SMILES string of the molecule is Cc1ccc(C)n1C(C)CCN(C)C. The van der Waals surface area contributed by atoms with Gasteiger partial charge in [-0.3, -0.25) is 0 Å². The van der Waals surface area contributed by atoms with Gasteiger partial charge in [-0.05, 0) is 60.0 Å².